The Balaban J connectivity index is 2.04. The summed E-state index contributed by atoms with van der Waals surface area (Å²) >= 11 is 0. The molecule has 9 heteroatoms. The Hall–Kier alpha value is -2.13. The van der Waals surface area contributed by atoms with Gasteiger partial charge in [0.05, 0.1) is 25.5 Å². The summed E-state index contributed by atoms with van der Waals surface area (Å²) in [5.74, 6) is 1.34. The van der Waals surface area contributed by atoms with E-state index in [0.717, 1.165) is 25.9 Å². The molecule has 1 amide bonds. The lowest BCUT2D eigenvalue weighted by atomic mass is 10.0. The van der Waals surface area contributed by atoms with Crippen molar-refractivity contribution in [1.82, 2.24) is 15.3 Å². The van der Waals surface area contributed by atoms with E-state index in [0.29, 0.717) is 37.3 Å². The molecule has 2 N–H and O–H groups in total. The fraction of sp³-hybridized carbons (Fsp3) is 0.722. The van der Waals surface area contributed by atoms with E-state index in [9.17, 15) is 9.90 Å². The van der Waals surface area contributed by atoms with Crippen molar-refractivity contribution in [1.29, 1.82) is 0 Å². The van der Waals surface area contributed by atoms with E-state index in [4.69, 9.17) is 14.2 Å². The van der Waals surface area contributed by atoms with Crippen LogP contribution < -0.4 is 19.7 Å². The zero-order valence-electron chi connectivity index (χ0n) is 16.3. The highest BCUT2D eigenvalue weighted by Crippen LogP contribution is 2.28. The maximum Gasteiger partial charge on any atom is 0.414 e. The number of nitrogens with zero attached hydrogens (tertiary/aromatic N) is 3. The Morgan fingerprint density at radius 1 is 1.33 bits per heavy atom. The number of ether oxygens (including phenoxy) is 3. The number of hydrogen-bond acceptors (Lipinski definition) is 8. The Kier molecular flexibility index (Phi) is 8.53. The van der Waals surface area contributed by atoms with Crippen molar-refractivity contribution in [3.05, 3.63) is 6.20 Å². The minimum absolute atomic E-state index is 0.0455. The highest BCUT2D eigenvalue weighted by molar-refractivity contribution is 5.70. The van der Waals surface area contributed by atoms with Crippen molar-refractivity contribution >= 4 is 11.9 Å². The molecule has 0 spiro atoms. The zero-order valence-corrected chi connectivity index (χ0v) is 16.3. The molecule has 1 aromatic heterocycles. The highest BCUT2D eigenvalue weighted by Gasteiger charge is 2.21. The van der Waals surface area contributed by atoms with Crippen LogP contribution in [0, 0.1) is 5.92 Å². The zero-order chi connectivity index (χ0) is 19.6. The number of aliphatic hydroxyl groups is 1. The van der Waals surface area contributed by atoms with Crippen LogP contribution in [0.2, 0.25) is 0 Å². The molecule has 0 unspecified atom stereocenters. The predicted molar refractivity (Wildman–Crippen MR) is 100 cm³/mol. The number of aliphatic hydroxyl groups excluding tert-OH is 1. The number of rotatable bonds is 10. The summed E-state index contributed by atoms with van der Waals surface area (Å²) in [5, 5.41) is 12.0. The number of amides is 1. The van der Waals surface area contributed by atoms with Gasteiger partial charge >= 0.3 is 6.09 Å². The number of methoxy groups -OCH3 is 1. The second-order valence-corrected chi connectivity index (χ2v) is 6.92. The van der Waals surface area contributed by atoms with E-state index in [2.05, 4.69) is 20.2 Å². The lowest BCUT2D eigenvalue weighted by Gasteiger charge is -2.20. The summed E-state index contributed by atoms with van der Waals surface area (Å²) in [4.78, 5) is 22.9. The summed E-state index contributed by atoms with van der Waals surface area (Å²) in [7, 11) is 1.59. The monoisotopic (exact) mass is 382 g/mol. The van der Waals surface area contributed by atoms with Gasteiger partial charge in [-0.25, -0.2) is 9.78 Å². The summed E-state index contributed by atoms with van der Waals surface area (Å²) < 4.78 is 15.9. The van der Waals surface area contributed by atoms with Crippen LogP contribution in [0.1, 0.15) is 33.1 Å². The number of carbonyl (C=O) groups excluding carboxylic acids is 1. The second-order valence-electron chi connectivity index (χ2n) is 6.92. The molecule has 0 saturated carbocycles. The number of nitrogens with one attached hydrogen (secondary N) is 1. The van der Waals surface area contributed by atoms with E-state index in [1.54, 1.807) is 7.11 Å². The topological polar surface area (TPSA) is 106 Å². The molecule has 27 heavy (non-hydrogen) atoms. The van der Waals surface area contributed by atoms with Gasteiger partial charge in [-0.1, -0.05) is 13.8 Å². The lowest BCUT2D eigenvalue weighted by molar-refractivity contribution is 0.143. The molecule has 0 bridgehead atoms. The van der Waals surface area contributed by atoms with Crippen molar-refractivity contribution in [3.8, 4) is 11.8 Å². The molecule has 9 nitrogen and oxygen atoms in total. The number of aromatic nitrogens is 2. The van der Waals surface area contributed by atoms with Crippen LogP contribution >= 0.6 is 0 Å². The van der Waals surface area contributed by atoms with Gasteiger partial charge in [0.25, 0.3) is 5.88 Å². The van der Waals surface area contributed by atoms with Crippen molar-refractivity contribution < 1.29 is 24.1 Å². The molecular weight excluding hydrogens is 352 g/mol. The van der Waals surface area contributed by atoms with Gasteiger partial charge in [0, 0.05) is 20.2 Å². The molecule has 0 radical (unpaired) electrons. The Bertz CT molecular complexity index is 593. The van der Waals surface area contributed by atoms with Gasteiger partial charge in [-0.15, -0.1) is 0 Å². The lowest BCUT2D eigenvalue weighted by Crippen LogP contribution is -2.40. The first-order valence-electron chi connectivity index (χ1n) is 9.36. The summed E-state index contributed by atoms with van der Waals surface area (Å²) in [5.41, 5.74) is 0. The van der Waals surface area contributed by atoms with E-state index in [-0.39, 0.29) is 18.5 Å². The normalized spacial score (nSPS) is 15.1. The standard InChI is InChI=1S/C18H30N4O5/c1-13(2)10-14(12-23)20-18(24)27-15-11-19-16(22-6-4-5-7-22)17(21-15)26-9-8-25-3/h11,13-14,23H,4-10,12H2,1-3H3,(H,20,24)/t14-/m0/s1. The van der Waals surface area contributed by atoms with E-state index >= 15 is 0 Å². The van der Waals surface area contributed by atoms with E-state index in [1.807, 2.05) is 13.8 Å². The number of hydrogen-bond donors (Lipinski definition) is 2. The first kappa shape index (κ1) is 21.2. The molecule has 0 aromatic carbocycles. The van der Waals surface area contributed by atoms with E-state index < -0.39 is 6.09 Å². The molecule has 1 aromatic rings. The van der Waals surface area contributed by atoms with Crippen LogP contribution in [0.4, 0.5) is 10.6 Å². The average molecular weight is 382 g/mol. The summed E-state index contributed by atoms with van der Waals surface area (Å²) in [6.45, 7) is 6.40. The van der Waals surface area contributed by atoms with Gasteiger partial charge in [0.15, 0.2) is 5.82 Å². The molecule has 2 rings (SSSR count). The first-order chi connectivity index (χ1) is 13.0. The minimum Gasteiger partial charge on any atom is -0.473 e. The molecule has 152 valence electrons. The molecule has 1 fully saturated rings. The van der Waals surface area contributed by atoms with Gasteiger partial charge in [-0.2, -0.15) is 4.98 Å². The maximum atomic E-state index is 12.1. The van der Waals surface area contributed by atoms with Gasteiger partial charge in [-0.3, -0.25) is 0 Å². The molecular formula is C18H30N4O5. The minimum atomic E-state index is -0.680. The maximum absolute atomic E-state index is 12.1. The van der Waals surface area contributed by atoms with Gasteiger partial charge in [-0.05, 0) is 25.2 Å². The quantitative estimate of drug-likeness (QED) is 0.588. The Labute approximate surface area is 160 Å². The predicted octanol–water partition coefficient (Wildman–Crippen LogP) is 1.60. The van der Waals surface area contributed by atoms with Crippen LogP contribution in [0.15, 0.2) is 6.20 Å². The molecule has 1 saturated heterocycles. The fourth-order valence-corrected chi connectivity index (χ4v) is 2.90. The molecule has 0 aliphatic carbocycles. The van der Waals surface area contributed by atoms with Crippen LogP contribution in [0.3, 0.4) is 0 Å². The number of carbonyl (C=O) groups is 1. The van der Waals surface area contributed by atoms with Crippen LogP contribution in [-0.4, -0.2) is 67.2 Å². The summed E-state index contributed by atoms with van der Waals surface area (Å²) in [6, 6.07) is -0.369. The smallest absolute Gasteiger partial charge is 0.414 e. The first-order valence-corrected chi connectivity index (χ1v) is 9.36. The second kappa shape index (κ2) is 10.9. The molecule has 2 heterocycles. The van der Waals surface area contributed by atoms with Gasteiger partial charge in [0.1, 0.15) is 6.61 Å². The number of anilines is 1. The summed E-state index contributed by atoms with van der Waals surface area (Å²) in [6.07, 6.45) is 3.57. The largest absolute Gasteiger partial charge is 0.473 e. The SMILES string of the molecule is COCCOc1nc(OC(=O)N[C@H](CO)CC(C)C)cnc1N1CCCC1. The fourth-order valence-electron chi connectivity index (χ4n) is 2.90. The van der Waals surface area contributed by atoms with Crippen molar-refractivity contribution in [3.63, 3.8) is 0 Å². The third kappa shape index (κ3) is 6.84. The van der Waals surface area contributed by atoms with Crippen LogP contribution in [0.5, 0.6) is 11.8 Å². The van der Waals surface area contributed by atoms with Gasteiger partial charge in [0.2, 0.25) is 5.88 Å². The van der Waals surface area contributed by atoms with Crippen molar-refractivity contribution in [2.75, 3.05) is 44.9 Å². The van der Waals surface area contributed by atoms with Crippen LogP contribution in [0.25, 0.3) is 0 Å². The van der Waals surface area contributed by atoms with E-state index in [1.165, 1.54) is 6.20 Å². The Morgan fingerprint density at radius 3 is 2.70 bits per heavy atom. The van der Waals surface area contributed by atoms with Crippen molar-refractivity contribution in [2.24, 2.45) is 5.92 Å². The highest BCUT2D eigenvalue weighted by atomic mass is 16.6. The average Bonchev–Trinajstić information content (AvgIpc) is 3.15. The van der Waals surface area contributed by atoms with Crippen LogP contribution in [-0.2, 0) is 4.74 Å². The van der Waals surface area contributed by atoms with Gasteiger partial charge < -0.3 is 29.5 Å². The molecule has 1 aliphatic rings. The molecule has 1 atom stereocenters. The van der Waals surface area contributed by atoms with Crippen molar-refractivity contribution in [2.45, 2.75) is 39.2 Å². The third-order valence-corrected chi connectivity index (χ3v) is 4.13. The molecule has 1 aliphatic heterocycles. The Morgan fingerprint density at radius 2 is 2.07 bits per heavy atom. The third-order valence-electron chi connectivity index (χ3n) is 4.13.